The first-order valence-corrected chi connectivity index (χ1v) is 5.63. The van der Waals surface area contributed by atoms with Gasteiger partial charge in [0.25, 0.3) is 0 Å². The lowest BCUT2D eigenvalue weighted by Crippen LogP contribution is -2.23. The second-order valence-corrected chi connectivity index (χ2v) is 5.50. The zero-order valence-electron chi connectivity index (χ0n) is 6.82. The molecule has 0 aromatic rings. The summed E-state index contributed by atoms with van der Waals surface area (Å²) in [5.74, 6) is 0.134. The van der Waals surface area contributed by atoms with Gasteiger partial charge in [0, 0.05) is 5.41 Å². The molecule has 0 spiro atoms. The van der Waals surface area contributed by atoms with Crippen LogP contribution in [0.25, 0.3) is 0 Å². The Balaban J connectivity index is 2.86. The van der Waals surface area contributed by atoms with Gasteiger partial charge in [-0.15, -0.1) is 6.58 Å². The Morgan fingerprint density at radius 1 is 1.50 bits per heavy atom. The number of allylic oxidation sites excluding steroid dienone is 1. The van der Waals surface area contributed by atoms with Crippen LogP contribution >= 0.6 is 0 Å². The Hall–Kier alpha value is -0.640. The number of rotatable bonds is 3. The average molecular weight is 188 g/mol. The summed E-state index contributed by atoms with van der Waals surface area (Å²) in [4.78, 5) is 10.7. The van der Waals surface area contributed by atoms with Crippen LogP contribution in [0, 0.1) is 5.41 Å². The molecule has 1 rings (SSSR count). The van der Waals surface area contributed by atoms with Gasteiger partial charge in [-0.05, 0) is 12.8 Å². The van der Waals surface area contributed by atoms with E-state index in [1.54, 1.807) is 6.08 Å². The van der Waals surface area contributed by atoms with E-state index in [1.165, 1.54) is 0 Å². The Bertz CT molecular complexity index is 291. The van der Waals surface area contributed by atoms with Gasteiger partial charge >= 0.3 is 0 Å². The van der Waals surface area contributed by atoms with Gasteiger partial charge in [0.15, 0.2) is 9.84 Å². The molecule has 0 saturated carbocycles. The van der Waals surface area contributed by atoms with Gasteiger partial charge < -0.3 is 4.79 Å². The third kappa shape index (κ3) is 1.75. The monoisotopic (exact) mass is 188 g/mol. The number of hydrogen-bond donors (Lipinski definition) is 0. The van der Waals surface area contributed by atoms with E-state index >= 15 is 0 Å². The molecule has 0 amide bonds. The molecule has 4 heteroatoms. The highest BCUT2D eigenvalue weighted by molar-refractivity contribution is 7.91. The number of carbonyl (C=O) groups excluding carboxylic acids is 1. The van der Waals surface area contributed by atoms with Crippen molar-refractivity contribution in [1.29, 1.82) is 0 Å². The maximum atomic E-state index is 11.1. The highest BCUT2D eigenvalue weighted by atomic mass is 32.2. The molecule has 1 fully saturated rings. The molecule has 1 unspecified atom stereocenters. The standard InChI is InChI=1S/C8H12O3S/c1-2-3-8(6-9)4-5-12(10,11)7-8/h2,6H,1,3-5,7H2. The predicted molar refractivity (Wildman–Crippen MR) is 46.6 cm³/mol. The summed E-state index contributed by atoms with van der Waals surface area (Å²) < 4.78 is 22.2. The molecule has 0 aromatic heterocycles. The molecule has 1 heterocycles. The zero-order chi connectivity index (χ0) is 9.24. The molecule has 3 nitrogen and oxygen atoms in total. The molecule has 1 aliphatic rings. The molecule has 0 aliphatic carbocycles. The SMILES string of the molecule is C=CCC1(C=O)CCS(=O)(=O)C1. The van der Waals surface area contributed by atoms with Gasteiger partial charge in [0.1, 0.15) is 6.29 Å². The van der Waals surface area contributed by atoms with Gasteiger partial charge in [-0.25, -0.2) is 8.42 Å². The Labute approximate surface area is 72.4 Å². The summed E-state index contributed by atoms with van der Waals surface area (Å²) in [5.41, 5.74) is -0.666. The van der Waals surface area contributed by atoms with Gasteiger partial charge in [-0.3, -0.25) is 0 Å². The quantitative estimate of drug-likeness (QED) is 0.480. The maximum Gasteiger partial charge on any atom is 0.151 e. The normalized spacial score (nSPS) is 33.0. The number of hydrogen-bond acceptors (Lipinski definition) is 3. The zero-order valence-corrected chi connectivity index (χ0v) is 7.64. The van der Waals surface area contributed by atoms with Gasteiger partial charge in [-0.2, -0.15) is 0 Å². The first kappa shape index (κ1) is 9.45. The third-order valence-electron chi connectivity index (χ3n) is 2.22. The molecule has 1 atom stereocenters. The Kier molecular flexibility index (Phi) is 2.37. The third-order valence-corrected chi connectivity index (χ3v) is 4.06. The minimum absolute atomic E-state index is 0.00444. The van der Waals surface area contributed by atoms with Crippen LogP contribution in [0.5, 0.6) is 0 Å². The second-order valence-electron chi connectivity index (χ2n) is 3.32. The highest BCUT2D eigenvalue weighted by Crippen LogP contribution is 2.33. The van der Waals surface area contributed by atoms with Crippen LogP contribution in [-0.4, -0.2) is 26.2 Å². The predicted octanol–water partition coefficient (Wildman–Crippen LogP) is 0.566. The summed E-state index contributed by atoms with van der Waals surface area (Å²) in [6.45, 7) is 3.51. The minimum Gasteiger partial charge on any atom is -0.303 e. The van der Waals surface area contributed by atoms with Crippen LogP contribution in [0.15, 0.2) is 12.7 Å². The Morgan fingerprint density at radius 2 is 2.17 bits per heavy atom. The maximum absolute atomic E-state index is 11.1. The van der Waals surface area contributed by atoms with Crippen molar-refractivity contribution in [2.45, 2.75) is 12.8 Å². The molecule has 0 aromatic carbocycles. The van der Waals surface area contributed by atoms with Crippen molar-refractivity contribution in [1.82, 2.24) is 0 Å². The van der Waals surface area contributed by atoms with Gasteiger partial charge in [0.2, 0.25) is 0 Å². The van der Waals surface area contributed by atoms with Crippen molar-refractivity contribution >= 4 is 16.1 Å². The van der Waals surface area contributed by atoms with E-state index in [1.807, 2.05) is 0 Å². The lowest BCUT2D eigenvalue weighted by molar-refractivity contribution is -0.114. The van der Waals surface area contributed by atoms with Crippen LogP contribution in [0.4, 0.5) is 0 Å². The van der Waals surface area contributed by atoms with Crippen molar-refractivity contribution < 1.29 is 13.2 Å². The molecule has 68 valence electrons. The molecule has 0 bridgehead atoms. The van der Waals surface area contributed by atoms with Crippen molar-refractivity contribution in [3.05, 3.63) is 12.7 Å². The molecule has 1 aliphatic heterocycles. The first-order valence-electron chi connectivity index (χ1n) is 3.81. The van der Waals surface area contributed by atoms with Crippen molar-refractivity contribution in [3.8, 4) is 0 Å². The molecular weight excluding hydrogens is 176 g/mol. The van der Waals surface area contributed by atoms with Crippen molar-refractivity contribution in [2.75, 3.05) is 11.5 Å². The Morgan fingerprint density at radius 3 is 2.50 bits per heavy atom. The molecular formula is C8H12O3S. The number of aldehydes is 1. The van der Waals surface area contributed by atoms with E-state index < -0.39 is 15.3 Å². The lowest BCUT2D eigenvalue weighted by atomic mass is 9.86. The first-order chi connectivity index (χ1) is 5.54. The average Bonchev–Trinajstić information content (AvgIpc) is 2.29. The smallest absolute Gasteiger partial charge is 0.151 e. The van der Waals surface area contributed by atoms with Crippen LogP contribution in [0.1, 0.15) is 12.8 Å². The van der Waals surface area contributed by atoms with Crippen LogP contribution in [0.2, 0.25) is 0 Å². The van der Waals surface area contributed by atoms with E-state index in [0.717, 1.165) is 6.29 Å². The molecule has 12 heavy (non-hydrogen) atoms. The van der Waals surface area contributed by atoms with Crippen LogP contribution < -0.4 is 0 Å². The number of carbonyl (C=O) groups is 1. The molecule has 0 radical (unpaired) electrons. The largest absolute Gasteiger partial charge is 0.303 e. The molecule has 1 saturated heterocycles. The number of sulfone groups is 1. The van der Waals surface area contributed by atoms with Crippen molar-refractivity contribution in [2.24, 2.45) is 5.41 Å². The van der Waals surface area contributed by atoms with E-state index in [9.17, 15) is 13.2 Å². The van der Waals surface area contributed by atoms with E-state index in [2.05, 4.69) is 6.58 Å². The summed E-state index contributed by atoms with van der Waals surface area (Å²) in [5, 5.41) is 0. The van der Waals surface area contributed by atoms with Gasteiger partial charge in [-0.1, -0.05) is 6.08 Å². The lowest BCUT2D eigenvalue weighted by Gasteiger charge is -2.16. The highest BCUT2D eigenvalue weighted by Gasteiger charge is 2.40. The second kappa shape index (κ2) is 3.01. The summed E-state index contributed by atoms with van der Waals surface area (Å²) in [6, 6.07) is 0. The fraction of sp³-hybridized carbons (Fsp3) is 0.625. The molecule has 0 N–H and O–H groups in total. The van der Waals surface area contributed by atoms with E-state index in [0.29, 0.717) is 12.8 Å². The fourth-order valence-corrected chi connectivity index (χ4v) is 3.60. The minimum atomic E-state index is -2.97. The summed E-state index contributed by atoms with van der Waals surface area (Å²) in [6.07, 6.45) is 3.29. The summed E-state index contributed by atoms with van der Waals surface area (Å²) in [7, 11) is -2.97. The van der Waals surface area contributed by atoms with Crippen LogP contribution in [-0.2, 0) is 14.6 Å². The van der Waals surface area contributed by atoms with Crippen LogP contribution in [0.3, 0.4) is 0 Å². The summed E-state index contributed by atoms with van der Waals surface area (Å²) >= 11 is 0. The van der Waals surface area contributed by atoms with E-state index in [-0.39, 0.29) is 11.5 Å². The van der Waals surface area contributed by atoms with Gasteiger partial charge in [0.05, 0.1) is 11.5 Å². The van der Waals surface area contributed by atoms with E-state index in [4.69, 9.17) is 0 Å². The van der Waals surface area contributed by atoms with Crippen molar-refractivity contribution in [3.63, 3.8) is 0 Å². The fourth-order valence-electron chi connectivity index (χ4n) is 1.53. The topological polar surface area (TPSA) is 51.2 Å².